The van der Waals surface area contributed by atoms with Crippen molar-refractivity contribution in [1.29, 1.82) is 0 Å². The molecule has 0 amide bonds. The predicted octanol–water partition coefficient (Wildman–Crippen LogP) is 5.64. The van der Waals surface area contributed by atoms with Gasteiger partial charge in [-0.25, -0.2) is 4.39 Å². The Morgan fingerprint density at radius 2 is 1.68 bits per heavy atom. The largest absolute Gasteiger partial charge is 0.268 e. The molecule has 3 aromatic heterocycles. The number of aromatic nitrogens is 4. The van der Waals surface area contributed by atoms with E-state index < -0.39 is 0 Å². The lowest BCUT2D eigenvalue weighted by Crippen LogP contribution is -2.03. The molecule has 6 rings (SSSR count). The van der Waals surface area contributed by atoms with Crippen LogP contribution in [0, 0.1) is 5.82 Å². The van der Waals surface area contributed by atoms with E-state index in [1.54, 1.807) is 6.20 Å². The van der Waals surface area contributed by atoms with Crippen molar-refractivity contribution >= 4 is 10.9 Å². The molecule has 150 valence electrons. The van der Waals surface area contributed by atoms with E-state index >= 15 is 0 Å². The highest BCUT2D eigenvalue weighted by molar-refractivity contribution is 5.98. The first-order chi connectivity index (χ1) is 15.3. The van der Waals surface area contributed by atoms with E-state index in [4.69, 9.17) is 5.10 Å². The predicted molar refractivity (Wildman–Crippen MR) is 119 cm³/mol. The molecule has 0 spiro atoms. The molecule has 0 fully saturated rings. The second-order valence-electron chi connectivity index (χ2n) is 7.90. The molecule has 31 heavy (non-hydrogen) atoms. The Balaban J connectivity index is 1.54. The fraction of sp³-hybridized carbons (Fsp3) is 0.115. The third-order valence-electron chi connectivity index (χ3n) is 6.06. The highest BCUT2D eigenvalue weighted by Crippen LogP contribution is 2.42. The van der Waals surface area contributed by atoms with Gasteiger partial charge in [0.05, 0.1) is 11.2 Å². The summed E-state index contributed by atoms with van der Waals surface area (Å²) in [4.78, 5) is 9.12. The smallest absolute Gasteiger partial charge is 0.123 e. The Morgan fingerprint density at radius 3 is 2.52 bits per heavy atom. The van der Waals surface area contributed by atoms with Crippen LogP contribution in [0.3, 0.4) is 0 Å². The number of hydrogen-bond acceptors (Lipinski definition) is 3. The van der Waals surface area contributed by atoms with Gasteiger partial charge in [-0.2, -0.15) is 5.10 Å². The minimum absolute atomic E-state index is 0.208. The van der Waals surface area contributed by atoms with Gasteiger partial charge < -0.3 is 0 Å². The van der Waals surface area contributed by atoms with Crippen LogP contribution in [-0.2, 0) is 13.0 Å². The van der Waals surface area contributed by atoms with Crippen molar-refractivity contribution in [1.82, 2.24) is 19.7 Å². The average Bonchev–Trinajstić information content (AvgIpc) is 3.38. The Morgan fingerprint density at radius 1 is 0.839 bits per heavy atom. The van der Waals surface area contributed by atoms with Gasteiger partial charge in [0.15, 0.2) is 0 Å². The van der Waals surface area contributed by atoms with Gasteiger partial charge in [-0.05, 0) is 53.9 Å². The normalized spacial score (nSPS) is 15.3. The van der Waals surface area contributed by atoms with Crippen LogP contribution in [0.4, 0.5) is 4.39 Å². The van der Waals surface area contributed by atoms with Crippen LogP contribution in [0.2, 0.25) is 0 Å². The van der Waals surface area contributed by atoms with Gasteiger partial charge in [0, 0.05) is 41.5 Å². The summed E-state index contributed by atoms with van der Waals surface area (Å²) in [6.07, 6.45) is 4.50. The van der Waals surface area contributed by atoms with E-state index in [9.17, 15) is 4.39 Å². The molecule has 0 N–H and O–H groups in total. The zero-order chi connectivity index (χ0) is 20.8. The maximum Gasteiger partial charge on any atom is 0.123 e. The minimum Gasteiger partial charge on any atom is -0.268 e. The standard InChI is InChI=1S/C26H19FN4/c27-19-10-8-17(9-11-19)18-15-24-25(21-12-14-29-22-6-2-1-5-20(21)22)26(30-31(24)16-18)23-7-3-4-13-28-23/h1-14,18H,15-16H2. The average molecular weight is 406 g/mol. The molecular weight excluding hydrogens is 387 g/mol. The lowest BCUT2D eigenvalue weighted by molar-refractivity contribution is 0.593. The van der Waals surface area contributed by atoms with Crippen molar-refractivity contribution in [3.8, 4) is 22.5 Å². The van der Waals surface area contributed by atoms with Crippen LogP contribution < -0.4 is 0 Å². The molecule has 4 heterocycles. The van der Waals surface area contributed by atoms with Gasteiger partial charge in [-0.1, -0.05) is 36.4 Å². The summed E-state index contributed by atoms with van der Waals surface area (Å²) in [5.41, 5.74) is 7.26. The SMILES string of the molecule is Fc1ccc(C2Cc3c(-c4ccnc5ccccc45)c(-c4ccccn4)nn3C2)cc1. The van der Waals surface area contributed by atoms with Crippen LogP contribution in [0.25, 0.3) is 33.4 Å². The van der Waals surface area contributed by atoms with Gasteiger partial charge in [0.1, 0.15) is 11.5 Å². The summed E-state index contributed by atoms with van der Waals surface area (Å²) in [5.74, 6) is 0.0635. The molecule has 0 aliphatic carbocycles. The van der Waals surface area contributed by atoms with Crippen LogP contribution in [0.5, 0.6) is 0 Å². The Bertz CT molecular complexity index is 1390. The van der Waals surface area contributed by atoms with Crippen LogP contribution in [0.1, 0.15) is 17.2 Å². The second-order valence-corrected chi connectivity index (χ2v) is 7.90. The van der Waals surface area contributed by atoms with Crippen molar-refractivity contribution in [2.24, 2.45) is 0 Å². The molecule has 0 bridgehead atoms. The van der Waals surface area contributed by atoms with E-state index in [0.717, 1.165) is 51.9 Å². The van der Waals surface area contributed by atoms with Crippen LogP contribution in [0.15, 0.2) is 85.2 Å². The third-order valence-corrected chi connectivity index (χ3v) is 6.06. The van der Waals surface area contributed by atoms with E-state index in [0.29, 0.717) is 0 Å². The molecule has 0 saturated heterocycles. The summed E-state index contributed by atoms with van der Waals surface area (Å²) in [5, 5.41) is 6.10. The third kappa shape index (κ3) is 3.01. The first-order valence-electron chi connectivity index (χ1n) is 10.4. The molecule has 5 aromatic rings. The highest BCUT2D eigenvalue weighted by Gasteiger charge is 2.31. The molecule has 1 atom stereocenters. The highest BCUT2D eigenvalue weighted by atomic mass is 19.1. The van der Waals surface area contributed by atoms with Crippen molar-refractivity contribution < 1.29 is 4.39 Å². The van der Waals surface area contributed by atoms with E-state index in [2.05, 4.69) is 26.8 Å². The maximum atomic E-state index is 13.4. The molecule has 5 heteroatoms. The van der Waals surface area contributed by atoms with Crippen LogP contribution >= 0.6 is 0 Å². The topological polar surface area (TPSA) is 43.6 Å². The molecule has 1 aliphatic rings. The quantitative estimate of drug-likeness (QED) is 0.389. The number of nitrogens with zero attached hydrogens (tertiary/aromatic N) is 4. The monoisotopic (exact) mass is 406 g/mol. The number of benzene rings is 2. The molecule has 0 saturated carbocycles. The number of fused-ring (bicyclic) bond motifs is 2. The van der Waals surface area contributed by atoms with Crippen molar-refractivity contribution in [3.63, 3.8) is 0 Å². The number of pyridine rings is 2. The fourth-order valence-corrected chi connectivity index (χ4v) is 4.60. The Labute approximate surface area is 179 Å². The zero-order valence-electron chi connectivity index (χ0n) is 16.7. The van der Waals surface area contributed by atoms with Crippen molar-refractivity contribution in [2.45, 2.75) is 18.9 Å². The summed E-state index contributed by atoms with van der Waals surface area (Å²) in [7, 11) is 0. The van der Waals surface area contributed by atoms with E-state index in [1.807, 2.05) is 54.7 Å². The summed E-state index contributed by atoms with van der Waals surface area (Å²) < 4.78 is 15.5. The molecular formula is C26H19FN4. The van der Waals surface area contributed by atoms with Gasteiger partial charge in [-0.3, -0.25) is 14.6 Å². The van der Waals surface area contributed by atoms with Gasteiger partial charge in [0.2, 0.25) is 0 Å². The van der Waals surface area contributed by atoms with Crippen molar-refractivity contribution in [3.05, 3.63) is 102 Å². The molecule has 0 radical (unpaired) electrons. The Kier molecular flexibility index (Phi) is 4.13. The molecule has 1 unspecified atom stereocenters. The van der Waals surface area contributed by atoms with Gasteiger partial charge in [0.25, 0.3) is 0 Å². The summed E-state index contributed by atoms with van der Waals surface area (Å²) in [6, 6.07) is 23.0. The number of para-hydroxylation sites is 1. The lowest BCUT2D eigenvalue weighted by atomic mass is 9.92. The number of hydrogen-bond donors (Lipinski definition) is 0. The van der Waals surface area contributed by atoms with Gasteiger partial charge in [-0.15, -0.1) is 0 Å². The summed E-state index contributed by atoms with van der Waals surface area (Å²) in [6.45, 7) is 0.768. The van der Waals surface area contributed by atoms with Gasteiger partial charge >= 0.3 is 0 Å². The summed E-state index contributed by atoms with van der Waals surface area (Å²) >= 11 is 0. The second kappa shape index (κ2) is 7.13. The molecule has 2 aromatic carbocycles. The number of halogens is 1. The Hall–Kier alpha value is -3.86. The molecule has 4 nitrogen and oxygen atoms in total. The van der Waals surface area contributed by atoms with E-state index in [-0.39, 0.29) is 11.7 Å². The fourth-order valence-electron chi connectivity index (χ4n) is 4.60. The van der Waals surface area contributed by atoms with E-state index in [1.165, 1.54) is 17.8 Å². The van der Waals surface area contributed by atoms with Crippen molar-refractivity contribution in [2.75, 3.05) is 0 Å². The lowest BCUT2D eigenvalue weighted by Gasteiger charge is -2.11. The zero-order valence-corrected chi connectivity index (χ0v) is 16.7. The minimum atomic E-state index is -0.208. The number of rotatable bonds is 3. The maximum absolute atomic E-state index is 13.4. The first-order valence-corrected chi connectivity index (χ1v) is 10.4. The first kappa shape index (κ1) is 18.0. The van der Waals surface area contributed by atoms with Crippen LogP contribution in [-0.4, -0.2) is 19.7 Å². The molecule has 1 aliphatic heterocycles.